The highest BCUT2D eigenvalue weighted by Crippen LogP contribution is 2.26. The second-order valence-electron chi connectivity index (χ2n) is 3.77. The molecule has 0 radical (unpaired) electrons. The van der Waals surface area contributed by atoms with Gasteiger partial charge in [0.2, 0.25) is 0 Å². The van der Waals surface area contributed by atoms with E-state index in [1.165, 1.54) is 15.6 Å². The van der Waals surface area contributed by atoms with Crippen molar-refractivity contribution in [2.24, 2.45) is 0 Å². The number of hydrogen-bond donors (Lipinski definition) is 1. The normalized spacial score (nSPS) is 13.1. The van der Waals surface area contributed by atoms with Crippen LogP contribution in [0.15, 0.2) is 29.6 Å². The molecule has 1 atom stereocenters. The van der Waals surface area contributed by atoms with Crippen molar-refractivity contribution in [2.75, 3.05) is 11.5 Å². The third-order valence-corrected chi connectivity index (χ3v) is 4.57. The summed E-state index contributed by atoms with van der Waals surface area (Å²) in [6, 6.07) is 8.40. The quantitative estimate of drug-likeness (QED) is 0.878. The maximum Gasteiger partial charge on any atom is 0.0671 e. The average molecular weight is 252 g/mol. The molecule has 2 rings (SSSR count). The Morgan fingerprint density at radius 2 is 2.19 bits per heavy atom. The van der Waals surface area contributed by atoms with Gasteiger partial charge in [-0.2, -0.15) is 11.8 Å². The maximum atomic E-state index is 9.90. The molecule has 0 aliphatic carbocycles. The Balaban J connectivity index is 2.09. The van der Waals surface area contributed by atoms with Crippen molar-refractivity contribution in [2.45, 2.75) is 19.4 Å². The van der Waals surface area contributed by atoms with E-state index in [4.69, 9.17) is 0 Å². The van der Waals surface area contributed by atoms with E-state index >= 15 is 0 Å². The van der Waals surface area contributed by atoms with Crippen LogP contribution in [0.3, 0.4) is 0 Å². The molecule has 1 heterocycles. The number of aliphatic hydroxyl groups is 1. The topological polar surface area (TPSA) is 20.2 Å². The van der Waals surface area contributed by atoms with Crippen molar-refractivity contribution < 1.29 is 5.11 Å². The summed E-state index contributed by atoms with van der Waals surface area (Å²) in [5, 5.41) is 13.4. The fourth-order valence-electron chi connectivity index (χ4n) is 1.76. The highest BCUT2D eigenvalue weighted by Gasteiger charge is 2.09. The summed E-state index contributed by atoms with van der Waals surface area (Å²) in [6.07, 6.45) is 0.555. The van der Waals surface area contributed by atoms with Crippen LogP contribution < -0.4 is 0 Å². The Morgan fingerprint density at radius 3 is 3.00 bits per heavy atom. The first-order chi connectivity index (χ1) is 7.81. The number of aliphatic hydroxyl groups excluding tert-OH is 1. The van der Waals surface area contributed by atoms with Crippen LogP contribution in [-0.2, 0) is 6.42 Å². The van der Waals surface area contributed by atoms with Crippen molar-refractivity contribution in [3.8, 4) is 0 Å². The van der Waals surface area contributed by atoms with Gasteiger partial charge in [-0.05, 0) is 28.1 Å². The largest absolute Gasteiger partial charge is 0.392 e. The van der Waals surface area contributed by atoms with Gasteiger partial charge < -0.3 is 5.11 Å². The molecule has 1 aromatic carbocycles. The number of hydrogen-bond acceptors (Lipinski definition) is 3. The Morgan fingerprint density at radius 1 is 1.38 bits per heavy atom. The fourth-order valence-corrected chi connectivity index (χ4v) is 3.36. The second-order valence-corrected chi connectivity index (χ2v) is 6.00. The number of thioether (sulfide) groups is 1. The van der Waals surface area contributed by atoms with Gasteiger partial charge in [0.05, 0.1) is 6.10 Å². The van der Waals surface area contributed by atoms with E-state index in [2.05, 4.69) is 36.6 Å². The Bertz CT molecular complexity index is 450. The van der Waals surface area contributed by atoms with Crippen LogP contribution in [-0.4, -0.2) is 22.7 Å². The molecule has 0 saturated carbocycles. The van der Waals surface area contributed by atoms with Gasteiger partial charge >= 0.3 is 0 Å². The smallest absolute Gasteiger partial charge is 0.0671 e. The molecule has 0 saturated heterocycles. The average Bonchev–Trinajstić information content (AvgIpc) is 2.70. The monoisotopic (exact) mass is 252 g/mol. The van der Waals surface area contributed by atoms with Crippen molar-refractivity contribution in [1.29, 1.82) is 0 Å². The minimum atomic E-state index is -0.219. The van der Waals surface area contributed by atoms with E-state index < -0.39 is 0 Å². The zero-order valence-electron chi connectivity index (χ0n) is 9.35. The lowest BCUT2D eigenvalue weighted by atomic mass is 10.1. The van der Waals surface area contributed by atoms with E-state index in [0.29, 0.717) is 0 Å². The highest BCUT2D eigenvalue weighted by atomic mass is 32.2. The van der Waals surface area contributed by atoms with Crippen molar-refractivity contribution in [3.05, 3.63) is 35.2 Å². The second kappa shape index (κ2) is 5.71. The Labute approximate surface area is 104 Å². The number of rotatable bonds is 5. The van der Waals surface area contributed by atoms with E-state index in [-0.39, 0.29) is 6.10 Å². The summed E-state index contributed by atoms with van der Waals surface area (Å²) < 4.78 is 1.31. The lowest BCUT2D eigenvalue weighted by Crippen LogP contribution is -2.13. The molecule has 0 fully saturated rings. The molecule has 0 amide bonds. The van der Waals surface area contributed by atoms with Gasteiger partial charge in [-0.15, -0.1) is 11.3 Å². The van der Waals surface area contributed by atoms with E-state index in [1.807, 2.05) is 0 Å². The Kier molecular flexibility index (Phi) is 4.27. The zero-order valence-corrected chi connectivity index (χ0v) is 11.0. The predicted octanol–water partition coefficient (Wildman–Crippen LogP) is 3.56. The minimum absolute atomic E-state index is 0.219. The molecule has 0 spiro atoms. The van der Waals surface area contributed by atoms with Gasteiger partial charge in [-0.1, -0.05) is 25.1 Å². The molecule has 1 N–H and O–H groups in total. The molecule has 0 aliphatic rings. The Hall–Kier alpha value is -0.510. The third kappa shape index (κ3) is 2.78. The summed E-state index contributed by atoms with van der Waals surface area (Å²) >= 11 is 3.56. The van der Waals surface area contributed by atoms with Crippen LogP contribution in [0.4, 0.5) is 0 Å². The van der Waals surface area contributed by atoms with Gasteiger partial charge in [-0.25, -0.2) is 0 Å². The molecule has 0 aliphatic heterocycles. The maximum absolute atomic E-state index is 9.90. The molecule has 16 heavy (non-hydrogen) atoms. The standard InChI is InChI=1S/C13H16OS2/c1-2-15-9-11(14)7-10-8-16-13-6-4-3-5-12(10)13/h3-6,8,11,14H,2,7,9H2,1H3. The lowest BCUT2D eigenvalue weighted by molar-refractivity contribution is 0.200. The molecule has 1 nitrogen and oxygen atoms in total. The minimum Gasteiger partial charge on any atom is -0.392 e. The first-order valence-corrected chi connectivity index (χ1v) is 7.55. The molecule has 3 heteroatoms. The van der Waals surface area contributed by atoms with Crippen LogP contribution in [0, 0.1) is 0 Å². The predicted molar refractivity (Wildman–Crippen MR) is 74.5 cm³/mol. The lowest BCUT2D eigenvalue weighted by Gasteiger charge is -2.08. The van der Waals surface area contributed by atoms with Crippen LogP contribution in [0.5, 0.6) is 0 Å². The summed E-state index contributed by atoms with van der Waals surface area (Å²) in [7, 11) is 0. The number of fused-ring (bicyclic) bond motifs is 1. The van der Waals surface area contributed by atoms with Crippen molar-refractivity contribution in [3.63, 3.8) is 0 Å². The molecule has 1 aromatic heterocycles. The summed E-state index contributed by atoms with van der Waals surface area (Å²) in [5.74, 6) is 1.90. The van der Waals surface area contributed by atoms with Crippen LogP contribution in [0.2, 0.25) is 0 Å². The van der Waals surface area contributed by atoms with Gasteiger partial charge in [0.1, 0.15) is 0 Å². The molecule has 0 bridgehead atoms. The van der Waals surface area contributed by atoms with E-state index in [9.17, 15) is 5.11 Å². The summed E-state index contributed by atoms with van der Waals surface area (Å²) in [6.45, 7) is 2.12. The van der Waals surface area contributed by atoms with Gasteiger partial charge in [-0.3, -0.25) is 0 Å². The first kappa shape index (κ1) is 12.0. The summed E-state index contributed by atoms with van der Waals surface area (Å²) in [5.41, 5.74) is 1.28. The fraction of sp³-hybridized carbons (Fsp3) is 0.385. The van der Waals surface area contributed by atoms with Crippen molar-refractivity contribution >= 4 is 33.2 Å². The molecular formula is C13H16OS2. The summed E-state index contributed by atoms with van der Waals surface area (Å²) in [4.78, 5) is 0. The molecule has 2 aromatic rings. The van der Waals surface area contributed by atoms with Gasteiger partial charge in [0.25, 0.3) is 0 Å². The van der Waals surface area contributed by atoms with E-state index in [1.54, 1.807) is 23.1 Å². The van der Waals surface area contributed by atoms with Crippen LogP contribution in [0.1, 0.15) is 12.5 Å². The first-order valence-electron chi connectivity index (χ1n) is 5.52. The molecular weight excluding hydrogens is 236 g/mol. The van der Waals surface area contributed by atoms with Gasteiger partial charge in [0, 0.05) is 16.9 Å². The zero-order chi connectivity index (χ0) is 11.4. The third-order valence-electron chi connectivity index (χ3n) is 2.53. The highest BCUT2D eigenvalue weighted by molar-refractivity contribution is 7.99. The number of thiophene rings is 1. The molecule has 86 valence electrons. The van der Waals surface area contributed by atoms with Crippen LogP contribution >= 0.6 is 23.1 Å². The number of benzene rings is 1. The van der Waals surface area contributed by atoms with Crippen molar-refractivity contribution in [1.82, 2.24) is 0 Å². The SMILES string of the molecule is CCSCC(O)Cc1csc2ccccc12. The van der Waals surface area contributed by atoms with Crippen LogP contribution in [0.25, 0.3) is 10.1 Å². The van der Waals surface area contributed by atoms with E-state index in [0.717, 1.165) is 17.9 Å². The van der Waals surface area contributed by atoms with Gasteiger partial charge in [0.15, 0.2) is 0 Å². The molecule has 1 unspecified atom stereocenters.